The molecule has 1 saturated carbocycles. The molecule has 5 rings (SSSR count). The Kier molecular flexibility index (Phi) is 8.28. The molecule has 1 aliphatic rings. The summed E-state index contributed by atoms with van der Waals surface area (Å²) in [6, 6.07) is 19.6. The standard InChI is InChI=1S/C31H35N5O4/c1-21-13-16-24(17-14-21)36(29(37)20-35-26-12-8-7-11-25(26)33-34-35)30(31(38)32-23-9-5-4-6-10-23)22-15-18-27(39-2)28(19-22)40-3/h7-8,11-19,23,30H,4-6,9-10,20H2,1-3H3,(H,32,38)/t30-/m0/s1. The van der Waals surface area contributed by atoms with Crippen LogP contribution < -0.4 is 19.7 Å². The highest BCUT2D eigenvalue weighted by molar-refractivity contribution is 6.01. The van der Waals surface area contributed by atoms with E-state index in [2.05, 4.69) is 15.6 Å². The molecule has 1 heterocycles. The maximum atomic E-state index is 14.2. The topological polar surface area (TPSA) is 98.6 Å². The van der Waals surface area contributed by atoms with Gasteiger partial charge in [0, 0.05) is 11.7 Å². The Morgan fingerprint density at radius 2 is 1.70 bits per heavy atom. The van der Waals surface area contributed by atoms with Crippen LogP contribution in [-0.4, -0.2) is 47.1 Å². The van der Waals surface area contributed by atoms with Crippen LogP contribution in [0.3, 0.4) is 0 Å². The number of fused-ring (bicyclic) bond motifs is 1. The zero-order valence-corrected chi connectivity index (χ0v) is 23.2. The van der Waals surface area contributed by atoms with Crippen LogP contribution in [0.25, 0.3) is 11.0 Å². The summed E-state index contributed by atoms with van der Waals surface area (Å²) in [5.41, 5.74) is 3.72. The summed E-state index contributed by atoms with van der Waals surface area (Å²) in [4.78, 5) is 29.9. The lowest BCUT2D eigenvalue weighted by molar-refractivity contribution is -0.127. The van der Waals surface area contributed by atoms with Crippen molar-refractivity contribution >= 4 is 28.5 Å². The van der Waals surface area contributed by atoms with Gasteiger partial charge in [-0.3, -0.25) is 14.5 Å². The number of rotatable bonds is 9. The molecule has 1 aromatic heterocycles. The molecule has 0 aliphatic heterocycles. The third kappa shape index (κ3) is 5.78. The molecule has 40 heavy (non-hydrogen) atoms. The van der Waals surface area contributed by atoms with Gasteiger partial charge in [0.25, 0.3) is 0 Å². The van der Waals surface area contributed by atoms with Gasteiger partial charge in [0.2, 0.25) is 11.8 Å². The predicted molar refractivity (Wildman–Crippen MR) is 153 cm³/mol. The Morgan fingerprint density at radius 1 is 0.975 bits per heavy atom. The minimum Gasteiger partial charge on any atom is -0.493 e. The number of nitrogens with zero attached hydrogens (tertiary/aromatic N) is 4. The van der Waals surface area contributed by atoms with Crippen LogP contribution in [0, 0.1) is 6.92 Å². The molecule has 2 amide bonds. The Labute approximate surface area is 234 Å². The lowest BCUT2D eigenvalue weighted by Gasteiger charge is -2.33. The number of benzene rings is 3. The number of nitrogens with one attached hydrogen (secondary N) is 1. The minimum atomic E-state index is -0.952. The molecule has 1 fully saturated rings. The van der Waals surface area contributed by atoms with Crippen molar-refractivity contribution in [1.29, 1.82) is 0 Å². The summed E-state index contributed by atoms with van der Waals surface area (Å²) < 4.78 is 12.6. The van der Waals surface area contributed by atoms with E-state index >= 15 is 0 Å². The number of methoxy groups -OCH3 is 2. The summed E-state index contributed by atoms with van der Waals surface area (Å²) >= 11 is 0. The monoisotopic (exact) mass is 541 g/mol. The lowest BCUT2D eigenvalue weighted by atomic mass is 9.94. The van der Waals surface area contributed by atoms with Gasteiger partial charge in [-0.1, -0.05) is 60.4 Å². The second-order valence-electron chi connectivity index (χ2n) is 10.2. The van der Waals surface area contributed by atoms with E-state index in [0.717, 1.165) is 36.8 Å². The van der Waals surface area contributed by atoms with E-state index in [1.54, 1.807) is 35.9 Å². The molecule has 4 aromatic rings. The molecule has 0 bridgehead atoms. The van der Waals surface area contributed by atoms with E-state index in [-0.39, 0.29) is 24.4 Å². The molecule has 9 heteroatoms. The van der Waals surface area contributed by atoms with E-state index in [1.165, 1.54) is 6.42 Å². The average Bonchev–Trinajstić information content (AvgIpc) is 3.39. The van der Waals surface area contributed by atoms with Crippen LogP contribution in [-0.2, 0) is 16.1 Å². The number of ether oxygens (including phenoxy) is 2. The summed E-state index contributed by atoms with van der Waals surface area (Å²) in [6.07, 6.45) is 5.17. The average molecular weight is 542 g/mol. The van der Waals surface area contributed by atoms with Crippen molar-refractivity contribution in [2.75, 3.05) is 19.1 Å². The zero-order chi connectivity index (χ0) is 28.1. The van der Waals surface area contributed by atoms with Crippen molar-refractivity contribution in [2.24, 2.45) is 0 Å². The molecule has 3 aromatic carbocycles. The van der Waals surface area contributed by atoms with E-state index in [0.29, 0.717) is 28.3 Å². The third-order valence-corrected chi connectivity index (χ3v) is 7.47. The van der Waals surface area contributed by atoms with Gasteiger partial charge in [-0.15, -0.1) is 5.10 Å². The maximum Gasteiger partial charge on any atom is 0.249 e. The first-order chi connectivity index (χ1) is 19.5. The van der Waals surface area contributed by atoms with Gasteiger partial charge in [0.1, 0.15) is 18.1 Å². The molecule has 0 radical (unpaired) electrons. The lowest BCUT2D eigenvalue weighted by Crippen LogP contribution is -2.48. The molecule has 208 valence electrons. The van der Waals surface area contributed by atoms with Gasteiger partial charge in [-0.05, 0) is 61.7 Å². The molecule has 1 atom stereocenters. The first-order valence-corrected chi connectivity index (χ1v) is 13.7. The van der Waals surface area contributed by atoms with E-state index in [4.69, 9.17) is 9.47 Å². The number of carbonyl (C=O) groups excluding carboxylic acids is 2. The van der Waals surface area contributed by atoms with Crippen molar-refractivity contribution in [3.8, 4) is 11.5 Å². The Hall–Kier alpha value is -4.40. The van der Waals surface area contributed by atoms with E-state index in [9.17, 15) is 9.59 Å². The molecule has 9 nitrogen and oxygen atoms in total. The summed E-state index contributed by atoms with van der Waals surface area (Å²) in [6.45, 7) is 1.90. The number of carbonyl (C=O) groups is 2. The van der Waals surface area contributed by atoms with Gasteiger partial charge < -0.3 is 14.8 Å². The van der Waals surface area contributed by atoms with Gasteiger partial charge in [-0.2, -0.15) is 0 Å². The smallest absolute Gasteiger partial charge is 0.249 e. The summed E-state index contributed by atoms with van der Waals surface area (Å²) in [5, 5.41) is 11.7. The van der Waals surface area contributed by atoms with Crippen LogP contribution >= 0.6 is 0 Å². The number of para-hydroxylation sites is 1. The van der Waals surface area contributed by atoms with E-state index in [1.807, 2.05) is 61.5 Å². The van der Waals surface area contributed by atoms with Crippen LogP contribution in [0.5, 0.6) is 11.5 Å². The largest absolute Gasteiger partial charge is 0.493 e. The molecule has 0 spiro atoms. The predicted octanol–water partition coefficient (Wildman–Crippen LogP) is 4.98. The molecule has 1 N–H and O–H groups in total. The molecular formula is C31H35N5O4. The number of hydrogen-bond donors (Lipinski definition) is 1. The molecule has 1 aliphatic carbocycles. The van der Waals surface area contributed by atoms with Crippen LogP contribution in [0.4, 0.5) is 5.69 Å². The van der Waals surface area contributed by atoms with Gasteiger partial charge in [-0.25, -0.2) is 4.68 Å². The second-order valence-corrected chi connectivity index (χ2v) is 10.2. The highest BCUT2D eigenvalue weighted by Crippen LogP contribution is 2.35. The Bertz CT molecular complexity index is 1480. The Morgan fingerprint density at radius 3 is 2.42 bits per heavy atom. The second kappa shape index (κ2) is 12.2. The summed E-state index contributed by atoms with van der Waals surface area (Å²) in [7, 11) is 3.12. The minimum absolute atomic E-state index is 0.0677. The van der Waals surface area contributed by atoms with Crippen LogP contribution in [0.2, 0.25) is 0 Å². The SMILES string of the molecule is COc1ccc([C@@H](C(=O)NC2CCCCC2)N(C(=O)Cn2nnc3ccccc32)c2ccc(C)cc2)cc1OC. The number of aromatic nitrogens is 3. The number of anilines is 1. The zero-order valence-electron chi connectivity index (χ0n) is 23.2. The quantitative estimate of drug-likeness (QED) is 0.321. The third-order valence-electron chi connectivity index (χ3n) is 7.47. The summed E-state index contributed by atoms with van der Waals surface area (Å²) in [5.74, 6) is 0.489. The number of hydrogen-bond acceptors (Lipinski definition) is 6. The highest BCUT2D eigenvalue weighted by Gasteiger charge is 2.35. The van der Waals surface area contributed by atoms with Crippen molar-refractivity contribution in [1.82, 2.24) is 20.3 Å². The van der Waals surface area contributed by atoms with Crippen molar-refractivity contribution in [3.63, 3.8) is 0 Å². The van der Waals surface area contributed by atoms with Gasteiger partial charge in [0.15, 0.2) is 11.5 Å². The van der Waals surface area contributed by atoms with Crippen LogP contribution in [0.1, 0.15) is 49.3 Å². The molecule has 0 saturated heterocycles. The van der Waals surface area contributed by atoms with Gasteiger partial charge in [0.05, 0.1) is 19.7 Å². The van der Waals surface area contributed by atoms with Crippen LogP contribution in [0.15, 0.2) is 66.7 Å². The highest BCUT2D eigenvalue weighted by atomic mass is 16.5. The molecule has 0 unspecified atom stereocenters. The number of aryl methyl sites for hydroxylation is 1. The fourth-order valence-corrected chi connectivity index (χ4v) is 5.35. The van der Waals surface area contributed by atoms with E-state index < -0.39 is 6.04 Å². The van der Waals surface area contributed by atoms with Crippen molar-refractivity contribution in [3.05, 3.63) is 77.9 Å². The normalized spacial score (nSPS) is 14.5. The Balaban J connectivity index is 1.59. The maximum absolute atomic E-state index is 14.2. The van der Waals surface area contributed by atoms with Crippen molar-refractivity contribution < 1.29 is 19.1 Å². The van der Waals surface area contributed by atoms with Crippen molar-refractivity contribution in [2.45, 2.75) is 57.7 Å². The molecular weight excluding hydrogens is 506 g/mol. The first-order valence-electron chi connectivity index (χ1n) is 13.7. The fraction of sp³-hybridized carbons (Fsp3) is 0.355. The first kappa shape index (κ1) is 27.2. The number of amides is 2. The van der Waals surface area contributed by atoms with Gasteiger partial charge >= 0.3 is 0 Å². The fourth-order valence-electron chi connectivity index (χ4n) is 5.35.